The number of ether oxygens (including phenoxy) is 1. The molecule has 0 radical (unpaired) electrons. The van der Waals surface area contributed by atoms with Crippen LogP contribution in [-0.2, 0) is 9.53 Å². The first-order valence-electron chi connectivity index (χ1n) is 6.30. The maximum atomic E-state index is 12.5. The molecule has 0 aliphatic rings. The second-order valence-corrected chi connectivity index (χ2v) is 6.32. The standard InChI is InChI=1S/C14H15Cl2N3O2/c1-14(2,3)21-13(20)12(19-8-17-7-18-19)10-5-4-9(15)6-11(10)16/h4-8,12H,1-3H3. The van der Waals surface area contributed by atoms with Gasteiger partial charge in [0.15, 0.2) is 6.04 Å². The third kappa shape index (κ3) is 3.95. The highest BCUT2D eigenvalue weighted by Gasteiger charge is 2.30. The zero-order chi connectivity index (χ0) is 15.6. The molecule has 0 bridgehead atoms. The van der Waals surface area contributed by atoms with Crippen molar-refractivity contribution in [1.82, 2.24) is 14.8 Å². The van der Waals surface area contributed by atoms with E-state index in [4.69, 9.17) is 27.9 Å². The number of benzene rings is 1. The van der Waals surface area contributed by atoms with Crippen molar-refractivity contribution >= 4 is 29.2 Å². The molecule has 1 aromatic carbocycles. The summed E-state index contributed by atoms with van der Waals surface area (Å²) in [6, 6.07) is 4.11. The number of hydrogen-bond acceptors (Lipinski definition) is 4. The Hall–Kier alpha value is -1.59. The van der Waals surface area contributed by atoms with Crippen LogP contribution in [0, 0.1) is 0 Å². The molecule has 7 heteroatoms. The molecule has 0 amide bonds. The minimum absolute atomic E-state index is 0.369. The smallest absolute Gasteiger partial charge is 0.336 e. The quantitative estimate of drug-likeness (QED) is 0.809. The number of rotatable bonds is 3. The van der Waals surface area contributed by atoms with Gasteiger partial charge in [0.25, 0.3) is 0 Å². The number of halogens is 2. The van der Waals surface area contributed by atoms with E-state index < -0.39 is 17.6 Å². The van der Waals surface area contributed by atoms with Crippen LogP contribution >= 0.6 is 23.2 Å². The molecule has 0 fully saturated rings. The molecular weight excluding hydrogens is 313 g/mol. The average Bonchev–Trinajstić information content (AvgIpc) is 2.83. The Balaban J connectivity index is 2.44. The lowest BCUT2D eigenvalue weighted by Crippen LogP contribution is -2.31. The lowest BCUT2D eigenvalue weighted by molar-refractivity contribution is -0.157. The molecule has 0 aliphatic heterocycles. The van der Waals surface area contributed by atoms with E-state index in [-0.39, 0.29) is 0 Å². The topological polar surface area (TPSA) is 57.0 Å². The van der Waals surface area contributed by atoms with Crippen LogP contribution in [0.15, 0.2) is 30.9 Å². The Bertz CT molecular complexity index is 636. The van der Waals surface area contributed by atoms with Gasteiger partial charge in [-0.05, 0) is 32.9 Å². The normalized spacial score (nSPS) is 13.0. The molecular formula is C14H15Cl2N3O2. The first-order valence-corrected chi connectivity index (χ1v) is 7.05. The molecule has 1 atom stereocenters. The molecule has 1 unspecified atom stereocenters. The predicted molar refractivity (Wildman–Crippen MR) is 80.5 cm³/mol. The summed E-state index contributed by atoms with van der Waals surface area (Å²) in [6.45, 7) is 5.40. The van der Waals surface area contributed by atoms with Crippen LogP contribution in [0.2, 0.25) is 10.0 Å². The Morgan fingerprint density at radius 2 is 2.05 bits per heavy atom. The van der Waals surface area contributed by atoms with Gasteiger partial charge < -0.3 is 4.74 Å². The van der Waals surface area contributed by atoms with E-state index in [9.17, 15) is 4.79 Å². The van der Waals surface area contributed by atoms with Crippen molar-refractivity contribution in [1.29, 1.82) is 0 Å². The molecule has 5 nitrogen and oxygen atoms in total. The van der Waals surface area contributed by atoms with E-state index in [0.717, 1.165) is 0 Å². The van der Waals surface area contributed by atoms with Gasteiger partial charge in [-0.1, -0.05) is 29.3 Å². The van der Waals surface area contributed by atoms with Crippen LogP contribution in [0.3, 0.4) is 0 Å². The summed E-state index contributed by atoms with van der Waals surface area (Å²) in [5.74, 6) is -0.461. The molecule has 0 aliphatic carbocycles. The molecule has 21 heavy (non-hydrogen) atoms. The molecule has 0 spiro atoms. The number of esters is 1. The third-order valence-electron chi connectivity index (χ3n) is 2.59. The fourth-order valence-electron chi connectivity index (χ4n) is 1.81. The zero-order valence-electron chi connectivity index (χ0n) is 11.9. The maximum absolute atomic E-state index is 12.5. The van der Waals surface area contributed by atoms with Gasteiger partial charge in [0, 0.05) is 15.6 Å². The first kappa shape index (κ1) is 15.8. The zero-order valence-corrected chi connectivity index (χ0v) is 13.4. The molecule has 2 aromatic rings. The van der Waals surface area contributed by atoms with Crippen molar-refractivity contribution in [2.45, 2.75) is 32.4 Å². The van der Waals surface area contributed by atoms with E-state index in [0.29, 0.717) is 15.6 Å². The summed E-state index contributed by atoms with van der Waals surface area (Å²) >= 11 is 12.1. The van der Waals surface area contributed by atoms with Gasteiger partial charge in [-0.25, -0.2) is 14.5 Å². The van der Waals surface area contributed by atoms with E-state index in [2.05, 4.69) is 10.1 Å². The number of hydrogen-bond donors (Lipinski definition) is 0. The summed E-state index contributed by atoms with van der Waals surface area (Å²) < 4.78 is 6.85. The summed E-state index contributed by atoms with van der Waals surface area (Å²) in [4.78, 5) is 16.4. The second kappa shape index (κ2) is 6.03. The summed E-state index contributed by atoms with van der Waals surface area (Å²) in [6.07, 6.45) is 2.79. The van der Waals surface area contributed by atoms with Crippen LogP contribution in [0.5, 0.6) is 0 Å². The highest BCUT2D eigenvalue weighted by molar-refractivity contribution is 6.35. The van der Waals surface area contributed by atoms with Gasteiger partial charge in [-0.2, -0.15) is 5.10 Å². The van der Waals surface area contributed by atoms with Gasteiger partial charge in [0.2, 0.25) is 0 Å². The van der Waals surface area contributed by atoms with Gasteiger partial charge in [-0.15, -0.1) is 0 Å². The van der Waals surface area contributed by atoms with Crippen LogP contribution in [0.25, 0.3) is 0 Å². The fourth-order valence-corrected chi connectivity index (χ4v) is 2.32. The molecule has 1 aromatic heterocycles. The van der Waals surface area contributed by atoms with Crippen molar-refractivity contribution in [3.05, 3.63) is 46.5 Å². The lowest BCUT2D eigenvalue weighted by atomic mass is 10.1. The highest BCUT2D eigenvalue weighted by atomic mass is 35.5. The maximum Gasteiger partial charge on any atom is 0.336 e. The first-order chi connectivity index (χ1) is 9.78. The molecule has 112 valence electrons. The Morgan fingerprint density at radius 1 is 1.33 bits per heavy atom. The van der Waals surface area contributed by atoms with E-state index >= 15 is 0 Å². The van der Waals surface area contributed by atoms with E-state index in [1.165, 1.54) is 17.3 Å². The van der Waals surface area contributed by atoms with E-state index in [1.807, 2.05) is 0 Å². The van der Waals surface area contributed by atoms with Crippen molar-refractivity contribution in [3.63, 3.8) is 0 Å². The Morgan fingerprint density at radius 3 is 2.57 bits per heavy atom. The lowest BCUT2D eigenvalue weighted by Gasteiger charge is -2.24. The van der Waals surface area contributed by atoms with Crippen molar-refractivity contribution < 1.29 is 9.53 Å². The van der Waals surface area contributed by atoms with Crippen LogP contribution in [-0.4, -0.2) is 26.3 Å². The SMILES string of the molecule is CC(C)(C)OC(=O)C(c1ccc(Cl)cc1Cl)n1cncn1. The van der Waals surface area contributed by atoms with Crippen molar-refractivity contribution in [2.75, 3.05) is 0 Å². The molecule has 0 saturated carbocycles. The van der Waals surface area contributed by atoms with Gasteiger partial charge in [0.1, 0.15) is 18.3 Å². The highest BCUT2D eigenvalue weighted by Crippen LogP contribution is 2.30. The Kier molecular flexibility index (Phi) is 4.54. The number of aromatic nitrogens is 3. The second-order valence-electron chi connectivity index (χ2n) is 5.48. The number of nitrogens with zero attached hydrogens (tertiary/aromatic N) is 3. The largest absolute Gasteiger partial charge is 0.458 e. The molecule has 0 N–H and O–H groups in total. The van der Waals surface area contributed by atoms with Crippen molar-refractivity contribution in [2.24, 2.45) is 0 Å². The van der Waals surface area contributed by atoms with Crippen LogP contribution < -0.4 is 0 Å². The van der Waals surface area contributed by atoms with Gasteiger partial charge in [-0.3, -0.25) is 0 Å². The number of carbonyl (C=O) groups is 1. The summed E-state index contributed by atoms with van der Waals surface area (Å²) in [5.41, 5.74) is -0.0599. The van der Waals surface area contributed by atoms with Crippen LogP contribution in [0.4, 0.5) is 0 Å². The fraction of sp³-hybridized carbons (Fsp3) is 0.357. The van der Waals surface area contributed by atoms with Gasteiger partial charge in [0.05, 0.1) is 0 Å². The van der Waals surface area contributed by atoms with Crippen LogP contribution in [0.1, 0.15) is 32.4 Å². The van der Waals surface area contributed by atoms with Crippen molar-refractivity contribution in [3.8, 4) is 0 Å². The molecule has 2 rings (SSSR count). The summed E-state index contributed by atoms with van der Waals surface area (Å²) in [5, 5.41) is 4.88. The monoisotopic (exact) mass is 327 g/mol. The minimum atomic E-state index is -0.809. The van der Waals surface area contributed by atoms with E-state index in [1.54, 1.807) is 39.0 Å². The Labute approximate surface area is 132 Å². The molecule has 0 saturated heterocycles. The predicted octanol–water partition coefficient (Wildman–Crippen LogP) is 3.52. The van der Waals surface area contributed by atoms with Gasteiger partial charge >= 0.3 is 5.97 Å². The summed E-state index contributed by atoms with van der Waals surface area (Å²) in [7, 11) is 0. The average molecular weight is 328 g/mol. The third-order valence-corrected chi connectivity index (χ3v) is 3.15. The molecule has 1 heterocycles. The number of carbonyl (C=O) groups excluding carboxylic acids is 1. The minimum Gasteiger partial charge on any atom is -0.458 e.